The molecule has 1 unspecified atom stereocenters. The summed E-state index contributed by atoms with van der Waals surface area (Å²) in [5.41, 5.74) is 0.494. The van der Waals surface area contributed by atoms with Crippen LogP contribution in [-0.2, 0) is 0 Å². The van der Waals surface area contributed by atoms with Crippen molar-refractivity contribution in [3.63, 3.8) is 0 Å². The molecule has 1 aromatic rings. The normalized spacial score (nSPS) is 11.9. The van der Waals surface area contributed by atoms with E-state index in [0.717, 1.165) is 0 Å². The summed E-state index contributed by atoms with van der Waals surface area (Å²) in [7, 11) is 0. The standard InChI is InChI=1S/C12H15NO3S/c1-8(17-2)7-13-11(14)9-4-3-5-10(6-9)12(15)16/h3-6,8H,7H2,1-2H3,(H,13,14)(H,15,16). The van der Waals surface area contributed by atoms with Gasteiger partial charge < -0.3 is 10.4 Å². The van der Waals surface area contributed by atoms with Crippen LogP contribution in [0.25, 0.3) is 0 Å². The molecule has 0 aliphatic heterocycles. The maximum Gasteiger partial charge on any atom is 0.335 e. The maximum absolute atomic E-state index is 11.7. The summed E-state index contributed by atoms with van der Waals surface area (Å²) >= 11 is 1.66. The zero-order valence-electron chi connectivity index (χ0n) is 9.77. The zero-order valence-corrected chi connectivity index (χ0v) is 10.6. The van der Waals surface area contributed by atoms with Gasteiger partial charge in [-0.25, -0.2) is 4.79 Å². The van der Waals surface area contributed by atoms with Gasteiger partial charge >= 0.3 is 5.97 Å². The average Bonchev–Trinajstić information content (AvgIpc) is 2.35. The Morgan fingerprint density at radius 1 is 1.41 bits per heavy atom. The molecule has 4 nitrogen and oxygen atoms in total. The lowest BCUT2D eigenvalue weighted by molar-refractivity contribution is 0.0697. The molecule has 0 aliphatic carbocycles. The molecule has 1 rings (SSSR count). The largest absolute Gasteiger partial charge is 0.478 e. The minimum atomic E-state index is -1.03. The Labute approximate surface area is 104 Å². The molecule has 5 heteroatoms. The molecule has 17 heavy (non-hydrogen) atoms. The lowest BCUT2D eigenvalue weighted by Crippen LogP contribution is -2.29. The van der Waals surface area contributed by atoms with Crippen LogP contribution < -0.4 is 5.32 Å². The fourth-order valence-corrected chi connectivity index (χ4v) is 1.47. The van der Waals surface area contributed by atoms with Gasteiger partial charge in [0.1, 0.15) is 0 Å². The lowest BCUT2D eigenvalue weighted by Gasteiger charge is -2.10. The molecule has 0 saturated heterocycles. The van der Waals surface area contributed by atoms with Crippen LogP contribution >= 0.6 is 11.8 Å². The van der Waals surface area contributed by atoms with Crippen LogP contribution in [-0.4, -0.2) is 35.0 Å². The average molecular weight is 253 g/mol. The van der Waals surface area contributed by atoms with Crippen molar-refractivity contribution in [2.45, 2.75) is 12.2 Å². The molecule has 1 atom stereocenters. The van der Waals surface area contributed by atoms with E-state index in [2.05, 4.69) is 5.32 Å². The van der Waals surface area contributed by atoms with Gasteiger partial charge in [0.2, 0.25) is 0 Å². The minimum Gasteiger partial charge on any atom is -0.478 e. The Kier molecular flexibility index (Phi) is 5.03. The first-order chi connectivity index (χ1) is 8.04. The van der Waals surface area contributed by atoms with Gasteiger partial charge in [0.05, 0.1) is 5.56 Å². The Bertz CT molecular complexity index is 420. The molecule has 0 bridgehead atoms. The number of amides is 1. The number of carbonyl (C=O) groups excluding carboxylic acids is 1. The second kappa shape index (κ2) is 6.30. The first-order valence-corrected chi connectivity index (χ1v) is 6.47. The Morgan fingerprint density at radius 2 is 2.06 bits per heavy atom. The summed E-state index contributed by atoms with van der Waals surface area (Å²) < 4.78 is 0. The van der Waals surface area contributed by atoms with Gasteiger partial charge in [0.25, 0.3) is 5.91 Å². The van der Waals surface area contributed by atoms with Crippen LogP contribution in [0.1, 0.15) is 27.6 Å². The molecule has 1 amide bonds. The fourth-order valence-electron chi connectivity index (χ4n) is 1.22. The number of benzene rings is 1. The Balaban J connectivity index is 2.69. The molecule has 92 valence electrons. The number of hydrogen-bond donors (Lipinski definition) is 2. The van der Waals surface area contributed by atoms with E-state index in [1.807, 2.05) is 13.2 Å². The summed E-state index contributed by atoms with van der Waals surface area (Å²) in [4.78, 5) is 22.5. The molecule has 2 N–H and O–H groups in total. The molecule has 0 heterocycles. The summed E-state index contributed by atoms with van der Waals surface area (Å²) in [5, 5.41) is 11.9. The van der Waals surface area contributed by atoms with Crippen LogP contribution in [0.15, 0.2) is 24.3 Å². The number of nitrogens with one attached hydrogen (secondary N) is 1. The van der Waals surface area contributed by atoms with Crippen LogP contribution in [0.3, 0.4) is 0 Å². The third-order valence-corrected chi connectivity index (χ3v) is 3.30. The van der Waals surface area contributed by atoms with E-state index in [1.54, 1.807) is 23.9 Å². The van der Waals surface area contributed by atoms with Crippen molar-refractivity contribution in [1.29, 1.82) is 0 Å². The van der Waals surface area contributed by atoms with E-state index in [4.69, 9.17) is 5.11 Å². The third-order valence-electron chi connectivity index (χ3n) is 2.32. The van der Waals surface area contributed by atoms with Crippen molar-refractivity contribution in [3.05, 3.63) is 35.4 Å². The van der Waals surface area contributed by atoms with Gasteiger partial charge in [-0.3, -0.25) is 4.79 Å². The van der Waals surface area contributed by atoms with Crippen molar-refractivity contribution in [3.8, 4) is 0 Å². The van der Waals surface area contributed by atoms with Gasteiger partial charge in [-0.1, -0.05) is 13.0 Å². The highest BCUT2D eigenvalue weighted by Crippen LogP contribution is 2.07. The second-order valence-corrected chi connectivity index (χ2v) is 4.92. The number of aromatic carboxylic acids is 1. The highest BCUT2D eigenvalue weighted by atomic mass is 32.2. The van der Waals surface area contributed by atoms with Gasteiger partial charge in [0, 0.05) is 17.4 Å². The zero-order chi connectivity index (χ0) is 12.8. The van der Waals surface area contributed by atoms with E-state index < -0.39 is 5.97 Å². The third kappa shape index (κ3) is 4.11. The number of hydrogen-bond acceptors (Lipinski definition) is 3. The summed E-state index contributed by atoms with van der Waals surface area (Å²) in [5.74, 6) is -1.27. The Morgan fingerprint density at radius 3 is 2.65 bits per heavy atom. The van der Waals surface area contributed by atoms with Crippen molar-refractivity contribution in [1.82, 2.24) is 5.32 Å². The van der Waals surface area contributed by atoms with Crippen LogP contribution in [0.5, 0.6) is 0 Å². The highest BCUT2D eigenvalue weighted by molar-refractivity contribution is 7.99. The number of carboxylic acids is 1. The van der Waals surface area contributed by atoms with Gasteiger partial charge in [-0.2, -0.15) is 11.8 Å². The van der Waals surface area contributed by atoms with Crippen molar-refractivity contribution in [2.75, 3.05) is 12.8 Å². The smallest absolute Gasteiger partial charge is 0.335 e. The van der Waals surface area contributed by atoms with E-state index in [-0.39, 0.29) is 11.5 Å². The van der Waals surface area contributed by atoms with Gasteiger partial charge in [0.15, 0.2) is 0 Å². The topological polar surface area (TPSA) is 66.4 Å². The first-order valence-electron chi connectivity index (χ1n) is 5.19. The monoisotopic (exact) mass is 253 g/mol. The summed E-state index contributed by atoms with van der Waals surface area (Å²) in [6, 6.07) is 6.01. The summed E-state index contributed by atoms with van der Waals surface area (Å²) in [6.45, 7) is 2.58. The van der Waals surface area contributed by atoms with E-state index >= 15 is 0 Å². The molecule has 0 aromatic heterocycles. The molecule has 0 aliphatic rings. The molecule has 1 aromatic carbocycles. The number of thioether (sulfide) groups is 1. The maximum atomic E-state index is 11.7. The van der Waals surface area contributed by atoms with E-state index in [1.165, 1.54) is 12.1 Å². The fraction of sp³-hybridized carbons (Fsp3) is 0.333. The predicted octanol–water partition coefficient (Wildman–Crippen LogP) is 1.87. The predicted molar refractivity (Wildman–Crippen MR) is 68.7 cm³/mol. The van der Waals surface area contributed by atoms with Crippen LogP contribution in [0.2, 0.25) is 0 Å². The molecule has 0 saturated carbocycles. The lowest BCUT2D eigenvalue weighted by atomic mass is 10.1. The van der Waals surface area contributed by atoms with Gasteiger partial charge in [-0.15, -0.1) is 0 Å². The second-order valence-electron chi connectivity index (χ2n) is 3.64. The van der Waals surface area contributed by atoms with Crippen LogP contribution in [0.4, 0.5) is 0 Å². The molecular weight excluding hydrogens is 238 g/mol. The molecule has 0 fully saturated rings. The van der Waals surface area contributed by atoms with Gasteiger partial charge in [-0.05, 0) is 24.5 Å². The molecular formula is C12H15NO3S. The van der Waals surface area contributed by atoms with E-state index in [9.17, 15) is 9.59 Å². The quantitative estimate of drug-likeness (QED) is 0.840. The number of rotatable bonds is 5. The molecule has 0 radical (unpaired) electrons. The highest BCUT2D eigenvalue weighted by Gasteiger charge is 2.10. The van der Waals surface area contributed by atoms with Crippen molar-refractivity contribution in [2.24, 2.45) is 0 Å². The first kappa shape index (κ1) is 13.6. The van der Waals surface area contributed by atoms with Crippen LogP contribution in [0, 0.1) is 0 Å². The molecule has 0 spiro atoms. The Hall–Kier alpha value is -1.49. The summed E-state index contributed by atoms with van der Waals surface area (Å²) in [6.07, 6.45) is 1.97. The van der Waals surface area contributed by atoms with Crippen molar-refractivity contribution < 1.29 is 14.7 Å². The number of carbonyl (C=O) groups is 2. The SMILES string of the molecule is CSC(C)CNC(=O)c1cccc(C(=O)O)c1. The van der Waals surface area contributed by atoms with E-state index in [0.29, 0.717) is 17.4 Å². The minimum absolute atomic E-state index is 0.121. The number of carboxylic acid groups (broad SMARTS) is 1. The van der Waals surface area contributed by atoms with Crippen molar-refractivity contribution >= 4 is 23.6 Å².